The fraction of sp³-hybridized carbons (Fsp3) is 0.231. The van der Waals surface area contributed by atoms with Crippen LogP contribution in [0, 0.1) is 0 Å². The highest BCUT2D eigenvalue weighted by molar-refractivity contribution is 8.15. The smallest absolute Gasteiger partial charge is 0.286 e. The highest BCUT2D eigenvalue weighted by Gasteiger charge is 2.31. The molecule has 1 aromatic carbocycles. The van der Waals surface area contributed by atoms with Crippen LogP contribution in [-0.4, -0.2) is 16.4 Å². The summed E-state index contributed by atoms with van der Waals surface area (Å²) in [5.41, 5.74) is 8.50. The molecule has 1 atom stereocenters. The zero-order chi connectivity index (χ0) is 13.1. The van der Waals surface area contributed by atoms with E-state index in [2.05, 4.69) is 5.32 Å². The molecule has 1 unspecified atom stereocenters. The minimum absolute atomic E-state index is 0.223. The van der Waals surface area contributed by atoms with Gasteiger partial charge in [0.2, 0.25) is 5.91 Å². The monoisotopic (exact) mass is 262 g/mol. The molecule has 3 N–H and O–H groups in total. The lowest BCUT2D eigenvalue weighted by atomic mass is 10.0. The largest absolute Gasteiger partial charge is 0.398 e. The van der Waals surface area contributed by atoms with Crippen molar-refractivity contribution in [1.82, 2.24) is 5.32 Å². The van der Waals surface area contributed by atoms with Gasteiger partial charge in [0, 0.05) is 11.3 Å². The number of thioether (sulfide) groups is 1. The number of amides is 2. The lowest BCUT2D eigenvalue weighted by Gasteiger charge is -2.11. The Kier molecular flexibility index (Phi) is 3.72. The molecule has 1 heterocycles. The van der Waals surface area contributed by atoms with Crippen LogP contribution in [0.2, 0.25) is 0 Å². The molecule has 0 aliphatic carbocycles. The van der Waals surface area contributed by atoms with Gasteiger partial charge < -0.3 is 5.73 Å². The molecule has 94 valence electrons. The average Bonchev–Trinajstić information content (AvgIpc) is 2.62. The second-order valence-electron chi connectivity index (χ2n) is 4.01. The number of rotatable bonds is 3. The number of nitrogen functional groups attached to an aromatic ring is 1. The number of carbonyl (C=O) groups is 2. The van der Waals surface area contributed by atoms with Crippen LogP contribution in [0.4, 0.5) is 10.5 Å². The van der Waals surface area contributed by atoms with Crippen molar-refractivity contribution < 1.29 is 9.59 Å². The first-order chi connectivity index (χ1) is 8.61. The van der Waals surface area contributed by atoms with Gasteiger partial charge in [0.1, 0.15) is 0 Å². The molecular formula is C13H14N2O2S. The van der Waals surface area contributed by atoms with Crippen molar-refractivity contribution in [1.29, 1.82) is 0 Å². The summed E-state index contributed by atoms with van der Waals surface area (Å²) in [7, 11) is 0. The van der Waals surface area contributed by atoms with E-state index in [0.29, 0.717) is 12.1 Å². The van der Waals surface area contributed by atoms with Crippen molar-refractivity contribution >= 4 is 34.7 Å². The zero-order valence-corrected chi connectivity index (χ0v) is 10.8. The second-order valence-corrected chi connectivity index (χ2v) is 5.18. The van der Waals surface area contributed by atoms with E-state index in [1.54, 1.807) is 0 Å². The van der Waals surface area contributed by atoms with Gasteiger partial charge >= 0.3 is 0 Å². The maximum atomic E-state index is 11.5. The Bertz CT molecular complexity index is 526. The van der Waals surface area contributed by atoms with Crippen LogP contribution in [0.25, 0.3) is 6.08 Å². The van der Waals surface area contributed by atoms with Gasteiger partial charge in [-0.2, -0.15) is 0 Å². The number of allylic oxidation sites excluding steroid dienone is 1. The molecule has 2 amide bonds. The standard InChI is InChI=1S/C13H14N2O2S/c1-2-4-9-8(5-3-6-10(9)14)7-11-12(16)15-13(17)18-11/h2-6,11H,7,14H2,1H3,(H,15,16,17)/b4-2-. The number of hydrogen-bond donors (Lipinski definition) is 2. The molecule has 0 aromatic heterocycles. The SMILES string of the molecule is C/C=C\c1c(N)cccc1CC1SC(=O)NC1=O. The van der Waals surface area contributed by atoms with E-state index in [-0.39, 0.29) is 16.4 Å². The van der Waals surface area contributed by atoms with Crippen LogP contribution >= 0.6 is 11.8 Å². The number of anilines is 1. The number of imide groups is 1. The highest BCUT2D eigenvalue weighted by atomic mass is 32.2. The van der Waals surface area contributed by atoms with Crippen molar-refractivity contribution in [3.05, 3.63) is 35.4 Å². The van der Waals surface area contributed by atoms with Gasteiger partial charge in [-0.25, -0.2) is 0 Å². The minimum Gasteiger partial charge on any atom is -0.398 e. The Hall–Kier alpha value is -1.75. The van der Waals surface area contributed by atoms with Crippen molar-refractivity contribution in [3.8, 4) is 0 Å². The van der Waals surface area contributed by atoms with E-state index in [1.165, 1.54) is 0 Å². The maximum absolute atomic E-state index is 11.5. The summed E-state index contributed by atoms with van der Waals surface area (Å²) in [6.45, 7) is 1.91. The van der Waals surface area contributed by atoms with Gasteiger partial charge in [0.25, 0.3) is 5.24 Å². The summed E-state index contributed by atoms with van der Waals surface area (Å²) in [5.74, 6) is -0.223. The molecule has 1 saturated heterocycles. The van der Waals surface area contributed by atoms with Crippen molar-refractivity contribution in [3.63, 3.8) is 0 Å². The Morgan fingerprint density at radius 2 is 2.22 bits per heavy atom. The molecule has 0 radical (unpaired) electrons. The Balaban J connectivity index is 2.26. The third kappa shape index (κ3) is 2.56. The number of nitrogens with one attached hydrogen (secondary N) is 1. The van der Waals surface area contributed by atoms with E-state index in [4.69, 9.17) is 5.73 Å². The van der Waals surface area contributed by atoms with E-state index in [9.17, 15) is 9.59 Å². The summed E-state index contributed by atoms with van der Waals surface area (Å²) in [4.78, 5) is 22.7. The predicted octanol–water partition coefficient (Wildman–Crippen LogP) is 2.20. The number of benzene rings is 1. The Labute approximate surface area is 110 Å². The van der Waals surface area contributed by atoms with Crippen LogP contribution < -0.4 is 11.1 Å². The lowest BCUT2D eigenvalue weighted by molar-refractivity contribution is -0.118. The first-order valence-electron chi connectivity index (χ1n) is 5.63. The second kappa shape index (κ2) is 5.27. The molecule has 18 heavy (non-hydrogen) atoms. The fourth-order valence-electron chi connectivity index (χ4n) is 1.91. The molecule has 0 saturated carbocycles. The maximum Gasteiger partial charge on any atom is 0.286 e. The van der Waals surface area contributed by atoms with E-state index >= 15 is 0 Å². The normalized spacial score (nSPS) is 19.5. The quantitative estimate of drug-likeness (QED) is 0.819. The molecule has 1 aliphatic rings. The van der Waals surface area contributed by atoms with Crippen LogP contribution in [0.15, 0.2) is 24.3 Å². The van der Waals surface area contributed by atoms with Crippen LogP contribution in [-0.2, 0) is 11.2 Å². The molecule has 0 spiro atoms. The van der Waals surface area contributed by atoms with Gasteiger partial charge in [-0.15, -0.1) is 0 Å². The van der Waals surface area contributed by atoms with E-state index in [0.717, 1.165) is 22.9 Å². The molecule has 0 bridgehead atoms. The van der Waals surface area contributed by atoms with Crippen LogP contribution in [0.3, 0.4) is 0 Å². The molecule has 1 aliphatic heterocycles. The van der Waals surface area contributed by atoms with Crippen LogP contribution in [0.1, 0.15) is 18.1 Å². The molecular weight excluding hydrogens is 248 g/mol. The summed E-state index contributed by atoms with van der Waals surface area (Å²) < 4.78 is 0. The third-order valence-electron chi connectivity index (χ3n) is 2.74. The third-order valence-corrected chi connectivity index (χ3v) is 3.72. The fourth-order valence-corrected chi connectivity index (χ4v) is 2.75. The van der Waals surface area contributed by atoms with Crippen molar-refractivity contribution in [2.24, 2.45) is 0 Å². The average molecular weight is 262 g/mol. The van der Waals surface area contributed by atoms with Crippen molar-refractivity contribution in [2.75, 3.05) is 5.73 Å². The van der Waals surface area contributed by atoms with E-state index < -0.39 is 0 Å². The number of nitrogens with two attached hydrogens (primary N) is 1. The van der Waals surface area contributed by atoms with Gasteiger partial charge in [0.05, 0.1) is 5.25 Å². The van der Waals surface area contributed by atoms with Crippen LogP contribution in [0.5, 0.6) is 0 Å². The van der Waals surface area contributed by atoms with E-state index in [1.807, 2.05) is 37.3 Å². The zero-order valence-electron chi connectivity index (χ0n) is 9.97. The molecule has 5 heteroatoms. The lowest BCUT2D eigenvalue weighted by Crippen LogP contribution is -2.25. The topological polar surface area (TPSA) is 72.2 Å². The van der Waals surface area contributed by atoms with Gasteiger partial charge in [-0.05, 0) is 25.0 Å². The number of hydrogen-bond acceptors (Lipinski definition) is 4. The summed E-state index contributed by atoms with van der Waals surface area (Å²) in [6, 6.07) is 5.62. The predicted molar refractivity (Wildman–Crippen MR) is 74.2 cm³/mol. The van der Waals surface area contributed by atoms with Gasteiger partial charge in [-0.1, -0.05) is 36.0 Å². The summed E-state index contributed by atoms with van der Waals surface area (Å²) in [5, 5.41) is 1.65. The van der Waals surface area contributed by atoms with Gasteiger partial charge in [-0.3, -0.25) is 14.9 Å². The molecule has 1 fully saturated rings. The first-order valence-corrected chi connectivity index (χ1v) is 6.51. The Morgan fingerprint density at radius 3 is 2.83 bits per heavy atom. The number of carbonyl (C=O) groups excluding carboxylic acids is 2. The first kappa shape index (κ1) is 12.7. The molecule has 4 nitrogen and oxygen atoms in total. The summed E-state index contributed by atoms with van der Waals surface area (Å²) in [6.07, 6.45) is 4.33. The summed E-state index contributed by atoms with van der Waals surface area (Å²) >= 11 is 1.04. The van der Waals surface area contributed by atoms with Gasteiger partial charge in [0.15, 0.2) is 0 Å². The Morgan fingerprint density at radius 1 is 1.44 bits per heavy atom. The van der Waals surface area contributed by atoms with Crippen molar-refractivity contribution in [2.45, 2.75) is 18.6 Å². The molecule has 2 rings (SSSR count). The minimum atomic E-state index is -0.358. The highest BCUT2D eigenvalue weighted by Crippen LogP contribution is 2.27. The molecule has 1 aromatic rings.